The third-order valence-corrected chi connectivity index (χ3v) is 4.32. The summed E-state index contributed by atoms with van der Waals surface area (Å²) in [6.07, 6.45) is 0. The molecule has 1 unspecified atom stereocenters. The molecule has 0 fully saturated rings. The Labute approximate surface area is 159 Å². The van der Waals surface area contributed by atoms with Gasteiger partial charge in [0.25, 0.3) is 5.91 Å². The number of hydrogen-bond donors (Lipinski definition) is 2. The molecule has 3 aromatic rings. The average Bonchev–Trinajstić information content (AvgIpc) is 2.72. The summed E-state index contributed by atoms with van der Waals surface area (Å²) in [6, 6.07) is 24.6. The molecule has 2 N–H and O–H groups in total. The van der Waals surface area contributed by atoms with Gasteiger partial charge >= 0.3 is 0 Å². The second-order valence-corrected chi connectivity index (χ2v) is 6.41. The van der Waals surface area contributed by atoms with Crippen molar-refractivity contribution in [3.8, 4) is 5.75 Å². The molecule has 0 radical (unpaired) electrons. The summed E-state index contributed by atoms with van der Waals surface area (Å²) in [7, 11) is 0. The molecule has 0 spiro atoms. The fourth-order valence-corrected chi connectivity index (χ4v) is 2.80. The topological polar surface area (TPSA) is 58.6 Å². The molecule has 0 aliphatic heterocycles. The van der Waals surface area contributed by atoms with Crippen molar-refractivity contribution < 1.29 is 14.6 Å². The van der Waals surface area contributed by atoms with Gasteiger partial charge in [0.15, 0.2) is 6.61 Å². The van der Waals surface area contributed by atoms with Crippen molar-refractivity contribution >= 4 is 5.91 Å². The minimum atomic E-state index is -0.287. The van der Waals surface area contributed by atoms with Crippen LogP contribution in [0.2, 0.25) is 0 Å². The molecule has 0 saturated heterocycles. The number of aliphatic hydroxyl groups excluding tert-OH is 1. The first-order valence-electron chi connectivity index (χ1n) is 8.89. The quantitative estimate of drug-likeness (QED) is 0.673. The molecule has 138 valence electrons. The van der Waals surface area contributed by atoms with Crippen LogP contribution < -0.4 is 10.1 Å². The fourth-order valence-electron chi connectivity index (χ4n) is 2.80. The van der Waals surface area contributed by atoms with E-state index in [0.717, 1.165) is 22.3 Å². The van der Waals surface area contributed by atoms with E-state index in [-0.39, 0.29) is 25.2 Å². The zero-order valence-corrected chi connectivity index (χ0v) is 15.3. The standard InChI is InChI=1S/C23H23NO3/c1-17-7-11-19(12-8-17)23(20-13-9-18(15-25)10-14-20)24-22(26)16-27-21-5-3-2-4-6-21/h2-14,23,25H,15-16H2,1H3,(H,24,26). The van der Waals surface area contributed by atoms with Crippen LogP contribution in [0.1, 0.15) is 28.3 Å². The van der Waals surface area contributed by atoms with Gasteiger partial charge < -0.3 is 15.2 Å². The molecule has 0 aromatic heterocycles. The second kappa shape index (κ2) is 9.01. The number of carbonyl (C=O) groups excluding carboxylic acids is 1. The van der Waals surface area contributed by atoms with Gasteiger partial charge in [0.2, 0.25) is 0 Å². The highest BCUT2D eigenvalue weighted by atomic mass is 16.5. The highest BCUT2D eigenvalue weighted by molar-refractivity contribution is 5.78. The van der Waals surface area contributed by atoms with Crippen molar-refractivity contribution in [1.29, 1.82) is 0 Å². The predicted octanol–water partition coefficient (Wildman–Crippen LogP) is 3.77. The van der Waals surface area contributed by atoms with E-state index in [1.807, 2.05) is 85.8 Å². The number of rotatable bonds is 7. The SMILES string of the molecule is Cc1ccc(C(NC(=O)COc2ccccc2)c2ccc(CO)cc2)cc1. The maximum absolute atomic E-state index is 12.5. The first-order valence-corrected chi connectivity index (χ1v) is 8.89. The van der Waals surface area contributed by atoms with Crippen LogP contribution >= 0.6 is 0 Å². The number of benzene rings is 3. The number of ether oxygens (including phenoxy) is 1. The van der Waals surface area contributed by atoms with Crippen molar-refractivity contribution in [3.05, 3.63) is 101 Å². The van der Waals surface area contributed by atoms with Gasteiger partial charge in [-0.1, -0.05) is 72.3 Å². The Balaban J connectivity index is 1.76. The molecule has 0 aliphatic rings. The highest BCUT2D eigenvalue weighted by Crippen LogP contribution is 2.23. The highest BCUT2D eigenvalue weighted by Gasteiger charge is 2.17. The first-order chi connectivity index (χ1) is 13.2. The summed E-state index contributed by atoms with van der Waals surface area (Å²) >= 11 is 0. The van der Waals surface area contributed by atoms with Crippen molar-refractivity contribution in [2.24, 2.45) is 0 Å². The Morgan fingerprint density at radius 1 is 0.926 bits per heavy atom. The van der Waals surface area contributed by atoms with E-state index in [2.05, 4.69) is 5.32 Å². The van der Waals surface area contributed by atoms with Gasteiger partial charge in [0.05, 0.1) is 12.6 Å². The molecule has 0 saturated carbocycles. The lowest BCUT2D eigenvalue weighted by atomic mass is 9.97. The first kappa shape index (κ1) is 18.7. The lowest BCUT2D eigenvalue weighted by Gasteiger charge is -2.20. The molecule has 1 atom stereocenters. The molecular formula is C23H23NO3. The summed E-state index contributed by atoms with van der Waals surface area (Å²) < 4.78 is 5.55. The van der Waals surface area contributed by atoms with E-state index >= 15 is 0 Å². The third kappa shape index (κ3) is 5.19. The van der Waals surface area contributed by atoms with Gasteiger partial charge in [0.1, 0.15) is 5.75 Å². The van der Waals surface area contributed by atoms with Crippen LogP contribution in [0, 0.1) is 6.92 Å². The van der Waals surface area contributed by atoms with E-state index < -0.39 is 0 Å². The molecule has 1 amide bonds. The number of nitrogens with one attached hydrogen (secondary N) is 1. The molecule has 0 bridgehead atoms. The van der Waals surface area contributed by atoms with Gasteiger partial charge in [-0.05, 0) is 35.7 Å². The average molecular weight is 361 g/mol. The van der Waals surface area contributed by atoms with Crippen LogP contribution in [0.15, 0.2) is 78.9 Å². The number of amides is 1. The molecule has 0 heterocycles. The molecular weight excluding hydrogens is 338 g/mol. The summed E-state index contributed by atoms with van der Waals surface area (Å²) in [5.74, 6) is 0.461. The Hall–Kier alpha value is -3.11. The second-order valence-electron chi connectivity index (χ2n) is 6.41. The van der Waals surface area contributed by atoms with Crippen LogP contribution in [0.5, 0.6) is 5.75 Å². The molecule has 3 rings (SSSR count). The van der Waals surface area contributed by atoms with E-state index in [4.69, 9.17) is 4.74 Å². The van der Waals surface area contributed by atoms with Crippen LogP contribution in [-0.4, -0.2) is 17.6 Å². The zero-order valence-electron chi connectivity index (χ0n) is 15.3. The van der Waals surface area contributed by atoms with Crippen molar-refractivity contribution in [2.75, 3.05) is 6.61 Å². The van der Waals surface area contributed by atoms with Crippen molar-refractivity contribution in [2.45, 2.75) is 19.6 Å². The van der Waals surface area contributed by atoms with Crippen molar-refractivity contribution in [1.82, 2.24) is 5.32 Å². The Morgan fingerprint density at radius 2 is 1.52 bits per heavy atom. The van der Waals surface area contributed by atoms with E-state index in [9.17, 15) is 9.90 Å². The summed E-state index contributed by atoms with van der Waals surface area (Å²) in [5.41, 5.74) is 3.93. The maximum atomic E-state index is 12.5. The summed E-state index contributed by atoms with van der Waals surface area (Å²) in [5, 5.41) is 12.3. The molecule has 3 aromatic carbocycles. The number of hydrogen-bond acceptors (Lipinski definition) is 3. The van der Waals surface area contributed by atoms with Crippen LogP contribution in [0.25, 0.3) is 0 Å². The molecule has 27 heavy (non-hydrogen) atoms. The van der Waals surface area contributed by atoms with Gasteiger partial charge in [0, 0.05) is 0 Å². The fraction of sp³-hybridized carbons (Fsp3) is 0.174. The van der Waals surface area contributed by atoms with E-state index in [1.54, 1.807) is 0 Å². The normalized spacial score (nSPS) is 11.6. The number of carbonyl (C=O) groups is 1. The molecule has 0 aliphatic carbocycles. The minimum Gasteiger partial charge on any atom is -0.484 e. The van der Waals surface area contributed by atoms with Gasteiger partial charge in [-0.3, -0.25) is 4.79 Å². The van der Waals surface area contributed by atoms with E-state index in [1.165, 1.54) is 0 Å². The summed E-state index contributed by atoms with van der Waals surface area (Å²) in [4.78, 5) is 12.5. The molecule has 4 nitrogen and oxygen atoms in total. The van der Waals surface area contributed by atoms with Gasteiger partial charge in [-0.15, -0.1) is 0 Å². The van der Waals surface area contributed by atoms with Crippen LogP contribution in [0.3, 0.4) is 0 Å². The van der Waals surface area contributed by atoms with Gasteiger partial charge in [-0.25, -0.2) is 0 Å². The summed E-state index contributed by atoms with van der Waals surface area (Å²) in [6.45, 7) is 1.97. The van der Waals surface area contributed by atoms with Crippen LogP contribution in [0.4, 0.5) is 0 Å². The Morgan fingerprint density at radius 3 is 2.11 bits per heavy atom. The minimum absolute atomic E-state index is 0.00719. The monoisotopic (exact) mass is 361 g/mol. The maximum Gasteiger partial charge on any atom is 0.258 e. The third-order valence-electron chi connectivity index (χ3n) is 4.32. The zero-order chi connectivity index (χ0) is 19.1. The number of para-hydroxylation sites is 1. The van der Waals surface area contributed by atoms with Gasteiger partial charge in [-0.2, -0.15) is 0 Å². The van der Waals surface area contributed by atoms with E-state index in [0.29, 0.717) is 5.75 Å². The largest absolute Gasteiger partial charge is 0.484 e. The number of aryl methyl sites for hydroxylation is 1. The van der Waals surface area contributed by atoms with Crippen LogP contribution in [-0.2, 0) is 11.4 Å². The lowest BCUT2D eigenvalue weighted by Crippen LogP contribution is -2.33. The number of aliphatic hydroxyl groups is 1. The Kier molecular flexibility index (Phi) is 6.23. The smallest absolute Gasteiger partial charge is 0.258 e. The Bertz CT molecular complexity index is 858. The van der Waals surface area contributed by atoms with Crippen molar-refractivity contribution in [3.63, 3.8) is 0 Å². The lowest BCUT2D eigenvalue weighted by molar-refractivity contribution is -0.123. The molecule has 4 heteroatoms. The predicted molar refractivity (Wildman–Crippen MR) is 105 cm³/mol.